The highest BCUT2D eigenvalue weighted by molar-refractivity contribution is 5.71. The van der Waals surface area contributed by atoms with Crippen LogP contribution >= 0.6 is 0 Å². The first-order valence-electron chi connectivity index (χ1n) is 5.75. The molecule has 0 heterocycles. The fourth-order valence-electron chi connectivity index (χ4n) is 1.49. The molecule has 0 aromatic heterocycles. The van der Waals surface area contributed by atoms with Crippen molar-refractivity contribution in [2.45, 2.75) is 32.6 Å². The van der Waals surface area contributed by atoms with E-state index in [1.807, 2.05) is 18.2 Å². The topological polar surface area (TPSA) is 0 Å². The van der Waals surface area contributed by atoms with Gasteiger partial charge in [0.05, 0.1) is 0 Å². The van der Waals surface area contributed by atoms with Gasteiger partial charge in [-0.25, -0.2) is 0 Å². The van der Waals surface area contributed by atoms with Crippen LogP contribution < -0.4 is 0 Å². The Kier molecular flexibility index (Phi) is 5.54. The molecule has 0 amide bonds. The molecule has 0 unspecified atom stereocenters. The average molecular weight is 200 g/mol. The molecule has 15 heavy (non-hydrogen) atoms. The molecule has 0 bridgehead atoms. The summed E-state index contributed by atoms with van der Waals surface area (Å²) in [5, 5.41) is 0. The van der Waals surface area contributed by atoms with E-state index in [4.69, 9.17) is 0 Å². The van der Waals surface area contributed by atoms with Crippen LogP contribution in [0.4, 0.5) is 0 Å². The van der Waals surface area contributed by atoms with Crippen LogP contribution in [0.1, 0.15) is 38.2 Å². The molecule has 0 radical (unpaired) electrons. The van der Waals surface area contributed by atoms with E-state index >= 15 is 0 Å². The van der Waals surface area contributed by atoms with Gasteiger partial charge in [0.2, 0.25) is 0 Å². The summed E-state index contributed by atoms with van der Waals surface area (Å²) in [6.07, 6.45) is 9.42. The summed E-state index contributed by atoms with van der Waals surface area (Å²) in [4.78, 5) is 0. The van der Waals surface area contributed by atoms with E-state index in [1.165, 1.54) is 31.2 Å². The van der Waals surface area contributed by atoms with Crippen LogP contribution in [-0.2, 0) is 0 Å². The zero-order valence-corrected chi connectivity index (χ0v) is 9.58. The van der Waals surface area contributed by atoms with Crippen LogP contribution in [0.15, 0.2) is 49.1 Å². The lowest BCUT2D eigenvalue weighted by Gasteiger charge is -1.99. The third kappa shape index (κ3) is 4.64. The van der Waals surface area contributed by atoms with Gasteiger partial charge in [-0.15, -0.1) is 0 Å². The highest BCUT2D eigenvalue weighted by atomic mass is 14.0. The molecule has 0 N–H and O–H groups in total. The van der Waals surface area contributed by atoms with Crippen LogP contribution in [-0.4, -0.2) is 0 Å². The quantitative estimate of drug-likeness (QED) is 0.455. The molecule has 80 valence electrons. The molecule has 0 heteroatoms. The Morgan fingerprint density at radius 2 is 1.93 bits per heavy atom. The van der Waals surface area contributed by atoms with Crippen LogP contribution in [0, 0.1) is 0 Å². The number of unbranched alkanes of at least 4 members (excludes halogenated alkanes) is 3. The minimum Gasteiger partial charge on any atom is -0.0912 e. The fourth-order valence-corrected chi connectivity index (χ4v) is 1.49. The van der Waals surface area contributed by atoms with Crippen molar-refractivity contribution < 1.29 is 0 Å². The first kappa shape index (κ1) is 11.8. The molecule has 0 fully saturated rings. The number of rotatable bonds is 6. The molecule has 1 aromatic rings. The molecule has 1 rings (SSSR count). The number of benzene rings is 1. The van der Waals surface area contributed by atoms with Crippen molar-refractivity contribution in [1.29, 1.82) is 0 Å². The maximum absolute atomic E-state index is 4.06. The van der Waals surface area contributed by atoms with E-state index in [0.29, 0.717) is 0 Å². The number of hydrogen-bond donors (Lipinski definition) is 0. The number of hydrogen-bond acceptors (Lipinski definition) is 0. The summed E-state index contributed by atoms with van der Waals surface area (Å²) in [6, 6.07) is 10.3. The van der Waals surface area contributed by atoms with Crippen molar-refractivity contribution in [1.82, 2.24) is 0 Å². The molecule has 0 atom stereocenters. The maximum atomic E-state index is 4.06. The van der Waals surface area contributed by atoms with Crippen molar-refractivity contribution in [3.8, 4) is 0 Å². The van der Waals surface area contributed by atoms with Gasteiger partial charge in [-0.3, -0.25) is 0 Å². The second kappa shape index (κ2) is 7.05. The maximum Gasteiger partial charge on any atom is -0.0190 e. The molecule has 0 aliphatic heterocycles. The van der Waals surface area contributed by atoms with Crippen LogP contribution in [0.3, 0.4) is 0 Å². The van der Waals surface area contributed by atoms with Gasteiger partial charge in [-0.1, -0.05) is 68.8 Å². The van der Waals surface area contributed by atoms with Crippen molar-refractivity contribution in [2.75, 3.05) is 0 Å². The summed E-state index contributed by atoms with van der Waals surface area (Å²) < 4.78 is 0. The van der Waals surface area contributed by atoms with E-state index in [9.17, 15) is 0 Å². The highest BCUT2D eigenvalue weighted by Crippen LogP contribution is 2.13. The SMILES string of the molecule is C=C(C=CCCCCC)c1ccccc1. The Labute approximate surface area is 93.3 Å². The first-order valence-corrected chi connectivity index (χ1v) is 5.75. The Balaban J connectivity index is 2.36. The van der Waals surface area contributed by atoms with Gasteiger partial charge in [0.25, 0.3) is 0 Å². The minimum atomic E-state index is 1.10. The smallest absolute Gasteiger partial charge is 0.0190 e. The second-order valence-corrected chi connectivity index (χ2v) is 3.79. The highest BCUT2D eigenvalue weighted by Gasteiger charge is 1.91. The van der Waals surface area contributed by atoms with Crippen LogP contribution in [0.2, 0.25) is 0 Å². The molecule has 0 aliphatic carbocycles. The molecule has 0 saturated carbocycles. The molecule has 0 aliphatic rings. The lowest BCUT2D eigenvalue weighted by molar-refractivity contribution is 0.729. The normalized spacial score (nSPS) is 10.7. The largest absolute Gasteiger partial charge is 0.0912 e. The van der Waals surface area contributed by atoms with Gasteiger partial charge in [0, 0.05) is 0 Å². The predicted octanol–water partition coefficient (Wildman–Crippen LogP) is 4.84. The van der Waals surface area contributed by atoms with Crippen molar-refractivity contribution in [3.63, 3.8) is 0 Å². The summed E-state index contributed by atoms with van der Waals surface area (Å²) in [5.41, 5.74) is 2.32. The zero-order chi connectivity index (χ0) is 10.9. The number of allylic oxidation sites excluding steroid dienone is 3. The zero-order valence-electron chi connectivity index (χ0n) is 9.58. The summed E-state index contributed by atoms with van der Waals surface area (Å²) >= 11 is 0. The van der Waals surface area contributed by atoms with Crippen molar-refractivity contribution >= 4 is 5.57 Å². The molecular formula is C15H20. The van der Waals surface area contributed by atoms with Gasteiger partial charge in [0.1, 0.15) is 0 Å². The van der Waals surface area contributed by atoms with E-state index < -0.39 is 0 Å². The van der Waals surface area contributed by atoms with E-state index in [0.717, 1.165) is 5.57 Å². The van der Waals surface area contributed by atoms with Crippen molar-refractivity contribution in [2.24, 2.45) is 0 Å². The van der Waals surface area contributed by atoms with Gasteiger partial charge in [-0.05, 0) is 24.0 Å². The van der Waals surface area contributed by atoms with E-state index in [2.05, 4.69) is 37.8 Å². The standard InChI is InChI=1S/C15H20/c1-3-4-5-6-8-11-14(2)15-12-9-7-10-13-15/h7-13H,2-6H2,1H3. The van der Waals surface area contributed by atoms with E-state index in [-0.39, 0.29) is 0 Å². The second-order valence-electron chi connectivity index (χ2n) is 3.79. The molecule has 0 nitrogen and oxygen atoms in total. The summed E-state index contributed by atoms with van der Waals surface area (Å²) in [7, 11) is 0. The Hall–Kier alpha value is -1.30. The Morgan fingerprint density at radius 1 is 1.20 bits per heavy atom. The molecule has 0 spiro atoms. The third-order valence-corrected chi connectivity index (χ3v) is 2.44. The van der Waals surface area contributed by atoms with Crippen LogP contribution in [0.5, 0.6) is 0 Å². The first-order chi connectivity index (χ1) is 7.34. The molecular weight excluding hydrogens is 180 g/mol. The minimum absolute atomic E-state index is 1.10. The predicted molar refractivity (Wildman–Crippen MR) is 68.8 cm³/mol. The summed E-state index contributed by atoms with van der Waals surface area (Å²) in [6.45, 7) is 6.28. The lowest BCUT2D eigenvalue weighted by Crippen LogP contribution is -1.77. The fraction of sp³-hybridized carbons (Fsp3) is 0.333. The van der Waals surface area contributed by atoms with Gasteiger partial charge >= 0.3 is 0 Å². The van der Waals surface area contributed by atoms with Gasteiger partial charge < -0.3 is 0 Å². The summed E-state index contributed by atoms with van der Waals surface area (Å²) in [5.74, 6) is 0. The van der Waals surface area contributed by atoms with Gasteiger partial charge in [0.15, 0.2) is 0 Å². The van der Waals surface area contributed by atoms with E-state index in [1.54, 1.807) is 0 Å². The Bertz CT molecular complexity index is 306. The average Bonchev–Trinajstić information content (AvgIpc) is 2.30. The third-order valence-electron chi connectivity index (χ3n) is 2.44. The lowest BCUT2D eigenvalue weighted by atomic mass is 10.1. The van der Waals surface area contributed by atoms with Crippen molar-refractivity contribution in [3.05, 3.63) is 54.6 Å². The monoisotopic (exact) mass is 200 g/mol. The molecule has 1 aromatic carbocycles. The Morgan fingerprint density at radius 3 is 2.60 bits per heavy atom. The molecule has 0 saturated heterocycles. The van der Waals surface area contributed by atoms with Crippen LogP contribution in [0.25, 0.3) is 5.57 Å². The van der Waals surface area contributed by atoms with Gasteiger partial charge in [-0.2, -0.15) is 0 Å².